The SMILES string of the molecule is CCN(C(=O)c1cc(Sc2ccccc2C(N)=O)c2ccccc2c1O)c1cc(C(=O)O)cc(C(=O)O)c1. The largest absolute Gasteiger partial charge is 0.506 e. The topological polar surface area (TPSA) is 158 Å². The smallest absolute Gasteiger partial charge is 0.335 e. The van der Waals surface area contributed by atoms with Gasteiger partial charge in [0.15, 0.2) is 0 Å². The summed E-state index contributed by atoms with van der Waals surface area (Å²) in [4.78, 5) is 51.3. The molecule has 5 N–H and O–H groups in total. The molecular weight excluding hydrogens is 508 g/mol. The molecule has 2 amide bonds. The minimum atomic E-state index is -1.35. The Balaban J connectivity index is 1.87. The van der Waals surface area contributed by atoms with Crippen LogP contribution in [0.1, 0.15) is 48.4 Å². The molecule has 0 fully saturated rings. The first kappa shape index (κ1) is 26.2. The van der Waals surface area contributed by atoms with Gasteiger partial charge in [-0.1, -0.05) is 48.2 Å². The summed E-state index contributed by atoms with van der Waals surface area (Å²) in [5, 5.41) is 31.0. The van der Waals surface area contributed by atoms with E-state index in [2.05, 4.69) is 0 Å². The average molecular weight is 531 g/mol. The van der Waals surface area contributed by atoms with Crippen LogP contribution < -0.4 is 10.6 Å². The van der Waals surface area contributed by atoms with Crippen LogP contribution in [0.25, 0.3) is 10.8 Å². The molecule has 0 saturated heterocycles. The molecule has 38 heavy (non-hydrogen) atoms. The zero-order chi connectivity index (χ0) is 27.6. The number of amides is 2. The molecule has 0 radical (unpaired) electrons. The van der Waals surface area contributed by atoms with Crippen LogP contribution in [0.4, 0.5) is 5.69 Å². The Labute approximate surface area is 221 Å². The van der Waals surface area contributed by atoms with Gasteiger partial charge in [-0.15, -0.1) is 0 Å². The van der Waals surface area contributed by atoms with Crippen LogP contribution in [0.2, 0.25) is 0 Å². The summed E-state index contributed by atoms with van der Waals surface area (Å²) in [6, 6.07) is 18.5. The fraction of sp³-hybridized carbons (Fsp3) is 0.0714. The minimum absolute atomic E-state index is 0.0515. The van der Waals surface area contributed by atoms with Crippen LogP contribution in [0.15, 0.2) is 82.6 Å². The van der Waals surface area contributed by atoms with Crippen molar-refractivity contribution in [2.75, 3.05) is 11.4 Å². The number of hydrogen-bond acceptors (Lipinski definition) is 6. The van der Waals surface area contributed by atoms with Crippen molar-refractivity contribution in [1.29, 1.82) is 0 Å². The predicted octanol–water partition coefficient (Wildman–Crippen LogP) is 4.86. The highest BCUT2D eigenvalue weighted by molar-refractivity contribution is 7.99. The maximum absolute atomic E-state index is 13.8. The van der Waals surface area contributed by atoms with Gasteiger partial charge >= 0.3 is 11.9 Å². The number of carbonyl (C=O) groups excluding carboxylic acids is 2. The van der Waals surface area contributed by atoms with Gasteiger partial charge in [-0.2, -0.15) is 0 Å². The molecule has 192 valence electrons. The number of rotatable bonds is 8. The third-order valence-corrected chi connectivity index (χ3v) is 7.00. The second-order valence-corrected chi connectivity index (χ2v) is 9.29. The highest BCUT2D eigenvalue weighted by Crippen LogP contribution is 2.41. The first-order chi connectivity index (χ1) is 18.1. The Morgan fingerprint density at radius 2 is 1.37 bits per heavy atom. The van der Waals surface area contributed by atoms with E-state index in [9.17, 15) is 34.5 Å². The van der Waals surface area contributed by atoms with Gasteiger partial charge in [-0.05, 0) is 48.7 Å². The second-order valence-electron chi connectivity index (χ2n) is 8.21. The maximum atomic E-state index is 13.8. The summed E-state index contributed by atoms with van der Waals surface area (Å²) in [5.41, 5.74) is 5.21. The van der Waals surface area contributed by atoms with Crippen molar-refractivity contribution in [2.24, 2.45) is 5.73 Å². The summed E-state index contributed by atoms with van der Waals surface area (Å²) < 4.78 is 0. The fourth-order valence-corrected chi connectivity index (χ4v) is 5.18. The number of carboxylic acids is 2. The number of nitrogens with zero attached hydrogens (tertiary/aromatic N) is 1. The Hall–Kier alpha value is -4.83. The lowest BCUT2D eigenvalue weighted by Gasteiger charge is -2.23. The molecule has 0 aliphatic rings. The number of anilines is 1. The molecule has 0 spiro atoms. The third-order valence-electron chi connectivity index (χ3n) is 5.87. The van der Waals surface area contributed by atoms with E-state index in [1.165, 1.54) is 34.9 Å². The van der Waals surface area contributed by atoms with E-state index in [0.29, 0.717) is 26.1 Å². The number of fused-ring (bicyclic) bond motifs is 1. The number of aromatic hydroxyl groups is 1. The van der Waals surface area contributed by atoms with Crippen LogP contribution in [-0.4, -0.2) is 45.6 Å². The Morgan fingerprint density at radius 3 is 1.95 bits per heavy atom. The lowest BCUT2D eigenvalue weighted by atomic mass is 10.0. The standard InChI is InChI=1S/C28H22N2O7S/c1-2-30(17-12-15(27(34)35)11-16(13-17)28(36)37)26(33)21-14-23(18-7-3-4-8-19(18)24(21)31)38-22-10-6-5-9-20(22)25(29)32/h3-14,31H,2H2,1H3,(H2,29,32)(H,34,35)(H,36,37). The van der Waals surface area contributed by atoms with Gasteiger partial charge in [0.1, 0.15) is 5.75 Å². The van der Waals surface area contributed by atoms with Crippen molar-refractivity contribution in [1.82, 2.24) is 0 Å². The lowest BCUT2D eigenvalue weighted by Crippen LogP contribution is -2.31. The molecule has 0 bridgehead atoms. The number of benzene rings is 4. The molecule has 10 heteroatoms. The van der Waals surface area contributed by atoms with E-state index < -0.39 is 23.8 Å². The number of nitrogens with two attached hydrogens (primary N) is 1. The van der Waals surface area contributed by atoms with Crippen molar-refractivity contribution in [3.05, 3.63) is 95.1 Å². The van der Waals surface area contributed by atoms with Gasteiger partial charge in [0.05, 0.1) is 22.3 Å². The summed E-state index contributed by atoms with van der Waals surface area (Å²) >= 11 is 1.20. The zero-order valence-corrected chi connectivity index (χ0v) is 20.9. The molecule has 0 atom stereocenters. The summed E-state index contributed by atoms with van der Waals surface area (Å²) in [6.07, 6.45) is 0. The van der Waals surface area contributed by atoms with Gasteiger partial charge < -0.3 is 26.0 Å². The summed E-state index contributed by atoms with van der Waals surface area (Å²) in [5.74, 6) is -4.27. The summed E-state index contributed by atoms with van der Waals surface area (Å²) in [7, 11) is 0. The quantitative estimate of drug-likeness (QED) is 0.251. The summed E-state index contributed by atoms with van der Waals surface area (Å²) in [6.45, 7) is 1.70. The number of hydrogen-bond donors (Lipinski definition) is 4. The number of carbonyl (C=O) groups is 4. The van der Waals surface area contributed by atoms with Gasteiger partial charge in [-0.25, -0.2) is 9.59 Å². The molecule has 0 aromatic heterocycles. The van der Waals surface area contributed by atoms with Crippen molar-refractivity contribution in [2.45, 2.75) is 16.7 Å². The van der Waals surface area contributed by atoms with E-state index in [-0.39, 0.29) is 34.7 Å². The van der Waals surface area contributed by atoms with E-state index >= 15 is 0 Å². The molecule has 4 aromatic carbocycles. The van der Waals surface area contributed by atoms with E-state index in [1.54, 1.807) is 55.5 Å². The van der Waals surface area contributed by atoms with Crippen molar-refractivity contribution < 1.29 is 34.5 Å². The van der Waals surface area contributed by atoms with Gasteiger partial charge in [0, 0.05) is 27.4 Å². The lowest BCUT2D eigenvalue weighted by molar-refractivity contribution is 0.0696. The van der Waals surface area contributed by atoms with Crippen LogP contribution in [0, 0.1) is 0 Å². The van der Waals surface area contributed by atoms with E-state index in [1.807, 2.05) is 0 Å². The molecular formula is C28H22N2O7S. The van der Waals surface area contributed by atoms with Crippen LogP contribution in [0.3, 0.4) is 0 Å². The van der Waals surface area contributed by atoms with Crippen molar-refractivity contribution in [3.8, 4) is 5.75 Å². The van der Waals surface area contributed by atoms with Crippen molar-refractivity contribution in [3.63, 3.8) is 0 Å². The number of phenolic OH excluding ortho intramolecular Hbond substituents is 1. The third kappa shape index (κ3) is 5.02. The Morgan fingerprint density at radius 1 is 0.789 bits per heavy atom. The van der Waals surface area contributed by atoms with E-state index in [0.717, 1.165) is 6.07 Å². The Bertz CT molecular complexity index is 1580. The fourth-order valence-electron chi connectivity index (χ4n) is 4.05. The normalized spacial score (nSPS) is 10.8. The number of carboxylic acid groups (broad SMARTS) is 2. The van der Waals surface area contributed by atoms with Crippen LogP contribution >= 0.6 is 11.8 Å². The second kappa shape index (κ2) is 10.7. The first-order valence-corrected chi connectivity index (χ1v) is 12.2. The molecule has 0 unspecified atom stereocenters. The number of aromatic carboxylic acids is 2. The van der Waals surface area contributed by atoms with Crippen LogP contribution in [0.5, 0.6) is 5.75 Å². The van der Waals surface area contributed by atoms with Gasteiger partial charge in [-0.3, -0.25) is 9.59 Å². The molecule has 4 rings (SSSR count). The first-order valence-electron chi connectivity index (χ1n) is 11.4. The molecule has 0 aliphatic carbocycles. The maximum Gasteiger partial charge on any atom is 0.335 e. The molecule has 4 aromatic rings. The number of phenols is 1. The van der Waals surface area contributed by atoms with E-state index in [4.69, 9.17) is 5.73 Å². The zero-order valence-electron chi connectivity index (χ0n) is 20.0. The average Bonchev–Trinajstić information content (AvgIpc) is 2.90. The highest BCUT2D eigenvalue weighted by atomic mass is 32.2. The minimum Gasteiger partial charge on any atom is -0.506 e. The molecule has 0 saturated carbocycles. The molecule has 0 heterocycles. The Kier molecular flexibility index (Phi) is 7.35. The van der Waals surface area contributed by atoms with Crippen molar-refractivity contribution >= 4 is 52.0 Å². The van der Waals surface area contributed by atoms with Crippen LogP contribution in [-0.2, 0) is 0 Å². The number of primary amides is 1. The molecule has 9 nitrogen and oxygen atoms in total. The molecule has 0 aliphatic heterocycles. The monoisotopic (exact) mass is 530 g/mol. The highest BCUT2D eigenvalue weighted by Gasteiger charge is 2.25. The van der Waals surface area contributed by atoms with Gasteiger partial charge in [0.25, 0.3) is 5.91 Å². The van der Waals surface area contributed by atoms with Gasteiger partial charge in [0.2, 0.25) is 5.91 Å². The predicted molar refractivity (Wildman–Crippen MR) is 142 cm³/mol.